The second-order valence-electron chi connectivity index (χ2n) is 4.54. The molecule has 0 saturated carbocycles. The monoisotopic (exact) mass is 244 g/mol. The molecular weight excluding hydrogens is 224 g/mol. The van der Waals surface area contributed by atoms with Crippen molar-refractivity contribution >= 4 is 5.69 Å². The molecule has 0 atom stereocenters. The van der Waals surface area contributed by atoms with Crippen LogP contribution in [0, 0.1) is 6.92 Å². The van der Waals surface area contributed by atoms with Crippen LogP contribution in [-0.4, -0.2) is 14.1 Å². The lowest BCUT2D eigenvalue weighted by Gasteiger charge is -2.17. The Morgan fingerprint density at radius 2 is 1.94 bits per heavy atom. The van der Waals surface area contributed by atoms with Crippen molar-refractivity contribution in [3.8, 4) is 0 Å². The molecule has 0 radical (unpaired) electrons. The third-order valence-electron chi connectivity index (χ3n) is 3.00. The normalized spacial score (nSPS) is 10.6. The fourth-order valence-corrected chi connectivity index (χ4v) is 2.01. The standard InChI is InChI=1S/C15H20N2O/c1-12-9-14(18-15(12)10-16-2)11-17(3)13-7-5-4-6-8-13/h4-9,16H,10-11H2,1-3H3. The van der Waals surface area contributed by atoms with Crippen molar-refractivity contribution in [3.63, 3.8) is 0 Å². The topological polar surface area (TPSA) is 28.4 Å². The molecule has 0 aliphatic carbocycles. The summed E-state index contributed by atoms with van der Waals surface area (Å²) in [6.07, 6.45) is 0. The van der Waals surface area contributed by atoms with Crippen molar-refractivity contribution in [2.24, 2.45) is 0 Å². The molecule has 0 bridgehead atoms. The van der Waals surface area contributed by atoms with Gasteiger partial charge in [-0.1, -0.05) is 18.2 Å². The van der Waals surface area contributed by atoms with Gasteiger partial charge in [-0.25, -0.2) is 0 Å². The summed E-state index contributed by atoms with van der Waals surface area (Å²) in [7, 11) is 4.00. The fraction of sp³-hybridized carbons (Fsp3) is 0.333. The minimum absolute atomic E-state index is 0.779. The van der Waals surface area contributed by atoms with E-state index in [0.717, 1.165) is 24.6 Å². The number of para-hydroxylation sites is 1. The van der Waals surface area contributed by atoms with Gasteiger partial charge in [-0.15, -0.1) is 0 Å². The number of benzene rings is 1. The van der Waals surface area contributed by atoms with Crippen LogP contribution >= 0.6 is 0 Å². The van der Waals surface area contributed by atoms with E-state index in [1.165, 1.54) is 11.3 Å². The van der Waals surface area contributed by atoms with Gasteiger partial charge in [0.1, 0.15) is 11.5 Å². The Balaban J connectivity index is 2.07. The highest BCUT2D eigenvalue weighted by molar-refractivity contribution is 5.45. The maximum atomic E-state index is 5.84. The van der Waals surface area contributed by atoms with Crippen LogP contribution in [0.4, 0.5) is 5.69 Å². The third-order valence-corrected chi connectivity index (χ3v) is 3.00. The number of nitrogens with zero attached hydrogens (tertiary/aromatic N) is 1. The van der Waals surface area contributed by atoms with Crippen LogP contribution < -0.4 is 10.2 Å². The van der Waals surface area contributed by atoms with E-state index in [1.807, 2.05) is 25.2 Å². The molecular formula is C15H20N2O. The van der Waals surface area contributed by atoms with Gasteiger partial charge in [-0.2, -0.15) is 0 Å². The first-order valence-corrected chi connectivity index (χ1v) is 6.19. The van der Waals surface area contributed by atoms with Gasteiger partial charge in [0.15, 0.2) is 0 Å². The average molecular weight is 244 g/mol. The molecule has 0 fully saturated rings. The van der Waals surface area contributed by atoms with Crippen LogP contribution in [0.3, 0.4) is 0 Å². The van der Waals surface area contributed by atoms with Crippen molar-refractivity contribution in [1.82, 2.24) is 5.32 Å². The molecule has 0 unspecified atom stereocenters. The Hall–Kier alpha value is -1.74. The predicted octanol–water partition coefficient (Wildman–Crippen LogP) is 2.94. The Morgan fingerprint density at radius 1 is 1.22 bits per heavy atom. The van der Waals surface area contributed by atoms with Crippen molar-refractivity contribution in [1.29, 1.82) is 0 Å². The summed E-state index contributed by atoms with van der Waals surface area (Å²) < 4.78 is 5.84. The van der Waals surface area contributed by atoms with E-state index in [-0.39, 0.29) is 0 Å². The van der Waals surface area contributed by atoms with E-state index in [1.54, 1.807) is 0 Å². The molecule has 1 aromatic carbocycles. The van der Waals surface area contributed by atoms with Crippen LogP contribution in [-0.2, 0) is 13.1 Å². The van der Waals surface area contributed by atoms with Gasteiger partial charge in [0.2, 0.25) is 0 Å². The lowest BCUT2D eigenvalue weighted by atomic mass is 10.2. The summed E-state index contributed by atoms with van der Waals surface area (Å²) in [6.45, 7) is 3.65. The summed E-state index contributed by atoms with van der Waals surface area (Å²) in [4.78, 5) is 2.18. The van der Waals surface area contributed by atoms with Gasteiger partial charge < -0.3 is 14.6 Å². The fourth-order valence-electron chi connectivity index (χ4n) is 2.01. The third kappa shape index (κ3) is 2.93. The van der Waals surface area contributed by atoms with Gasteiger partial charge in [0.05, 0.1) is 13.1 Å². The zero-order valence-electron chi connectivity index (χ0n) is 11.2. The Labute approximate surface area is 108 Å². The van der Waals surface area contributed by atoms with E-state index in [0.29, 0.717) is 0 Å². The summed E-state index contributed by atoms with van der Waals surface area (Å²) in [6, 6.07) is 12.4. The second-order valence-corrected chi connectivity index (χ2v) is 4.54. The minimum atomic E-state index is 0.779. The number of rotatable bonds is 5. The van der Waals surface area contributed by atoms with Crippen LogP contribution in [0.1, 0.15) is 17.1 Å². The smallest absolute Gasteiger partial charge is 0.123 e. The molecule has 1 N–H and O–H groups in total. The molecule has 96 valence electrons. The van der Waals surface area contributed by atoms with E-state index >= 15 is 0 Å². The summed E-state index contributed by atoms with van der Waals surface area (Å²) >= 11 is 0. The molecule has 1 heterocycles. The van der Waals surface area contributed by atoms with Gasteiger partial charge >= 0.3 is 0 Å². The van der Waals surface area contributed by atoms with Crippen LogP contribution in [0.2, 0.25) is 0 Å². The minimum Gasteiger partial charge on any atom is -0.463 e. The first-order chi connectivity index (χ1) is 8.70. The van der Waals surface area contributed by atoms with Crippen LogP contribution in [0.25, 0.3) is 0 Å². The van der Waals surface area contributed by atoms with E-state index < -0.39 is 0 Å². The summed E-state index contributed by atoms with van der Waals surface area (Å²) in [5.41, 5.74) is 2.41. The Bertz CT molecular complexity index is 490. The first-order valence-electron chi connectivity index (χ1n) is 6.19. The van der Waals surface area contributed by atoms with Gasteiger partial charge in [0.25, 0.3) is 0 Å². The van der Waals surface area contributed by atoms with E-state index in [2.05, 4.69) is 42.4 Å². The Kier molecular flexibility index (Phi) is 4.05. The molecule has 0 saturated heterocycles. The van der Waals surface area contributed by atoms with Crippen molar-refractivity contribution in [2.45, 2.75) is 20.0 Å². The summed E-state index contributed by atoms with van der Waals surface area (Å²) in [5, 5.41) is 3.12. The highest BCUT2D eigenvalue weighted by atomic mass is 16.3. The highest BCUT2D eigenvalue weighted by Gasteiger charge is 2.09. The molecule has 2 rings (SSSR count). The molecule has 0 aliphatic heterocycles. The number of hydrogen-bond acceptors (Lipinski definition) is 3. The molecule has 0 amide bonds. The molecule has 18 heavy (non-hydrogen) atoms. The van der Waals surface area contributed by atoms with Gasteiger partial charge in [0, 0.05) is 12.7 Å². The van der Waals surface area contributed by atoms with E-state index in [4.69, 9.17) is 4.42 Å². The second kappa shape index (κ2) is 5.74. The Morgan fingerprint density at radius 3 is 2.61 bits per heavy atom. The maximum Gasteiger partial charge on any atom is 0.123 e. The molecule has 3 heteroatoms. The molecule has 0 aliphatic rings. The lowest BCUT2D eigenvalue weighted by molar-refractivity contribution is 0.451. The number of aryl methyl sites for hydroxylation is 1. The van der Waals surface area contributed by atoms with Crippen molar-refractivity contribution in [2.75, 3.05) is 19.0 Å². The van der Waals surface area contributed by atoms with Gasteiger partial charge in [-0.05, 0) is 37.7 Å². The van der Waals surface area contributed by atoms with Crippen LogP contribution in [0.15, 0.2) is 40.8 Å². The maximum absolute atomic E-state index is 5.84. The summed E-state index contributed by atoms with van der Waals surface area (Å²) in [5.74, 6) is 2.03. The SMILES string of the molecule is CNCc1oc(CN(C)c2ccccc2)cc1C. The lowest BCUT2D eigenvalue weighted by Crippen LogP contribution is -2.15. The first kappa shape index (κ1) is 12.7. The number of anilines is 1. The molecule has 3 nitrogen and oxygen atoms in total. The van der Waals surface area contributed by atoms with E-state index in [9.17, 15) is 0 Å². The van der Waals surface area contributed by atoms with Crippen LogP contribution in [0.5, 0.6) is 0 Å². The molecule has 0 spiro atoms. The van der Waals surface area contributed by atoms with Crippen molar-refractivity contribution < 1.29 is 4.42 Å². The molecule has 2 aromatic rings. The zero-order chi connectivity index (χ0) is 13.0. The largest absolute Gasteiger partial charge is 0.463 e. The number of hydrogen-bond donors (Lipinski definition) is 1. The van der Waals surface area contributed by atoms with Gasteiger partial charge in [-0.3, -0.25) is 0 Å². The molecule has 1 aromatic heterocycles. The number of nitrogens with one attached hydrogen (secondary N) is 1. The average Bonchev–Trinajstić information content (AvgIpc) is 2.71. The van der Waals surface area contributed by atoms with Crippen molar-refractivity contribution in [3.05, 3.63) is 53.5 Å². The highest BCUT2D eigenvalue weighted by Crippen LogP contribution is 2.19. The zero-order valence-corrected chi connectivity index (χ0v) is 11.2. The number of furan rings is 1. The predicted molar refractivity (Wildman–Crippen MR) is 74.8 cm³/mol. The quantitative estimate of drug-likeness (QED) is 0.876.